The van der Waals surface area contributed by atoms with Crippen LogP contribution in [0.1, 0.15) is 30.1 Å². The third kappa shape index (κ3) is 3.40. The highest BCUT2D eigenvalue weighted by atomic mass is 16.4. The summed E-state index contributed by atoms with van der Waals surface area (Å²) in [5.74, 6) is -0.775. The Morgan fingerprint density at radius 2 is 2.12 bits per heavy atom. The Labute approximate surface area is 152 Å². The summed E-state index contributed by atoms with van der Waals surface area (Å²) in [7, 11) is 5.58. The van der Waals surface area contributed by atoms with E-state index in [1.165, 1.54) is 0 Å². The number of anilines is 1. The van der Waals surface area contributed by atoms with Gasteiger partial charge in [0, 0.05) is 46.5 Å². The van der Waals surface area contributed by atoms with Gasteiger partial charge in [-0.15, -0.1) is 0 Å². The summed E-state index contributed by atoms with van der Waals surface area (Å²) in [5, 5.41) is 13.8. The highest BCUT2D eigenvalue weighted by Gasteiger charge is 2.42. The second kappa shape index (κ2) is 7.15. The van der Waals surface area contributed by atoms with Gasteiger partial charge in [0.05, 0.1) is 17.7 Å². The quantitative estimate of drug-likeness (QED) is 0.871. The van der Waals surface area contributed by atoms with Gasteiger partial charge in [-0.1, -0.05) is 6.07 Å². The Morgan fingerprint density at radius 1 is 1.35 bits per heavy atom. The van der Waals surface area contributed by atoms with Crippen LogP contribution in [0.3, 0.4) is 0 Å². The lowest BCUT2D eigenvalue weighted by Gasteiger charge is -2.39. The van der Waals surface area contributed by atoms with E-state index < -0.39 is 17.9 Å². The summed E-state index contributed by atoms with van der Waals surface area (Å²) in [5.41, 5.74) is 1.59. The van der Waals surface area contributed by atoms with Crippen LogP contribution < -0.4 is 4.90 Å². The first-order valence-corrected chi connectivity index (χ1v) is 8.51. The van der Waals surface area contributed by atoms with Crippen LogP contribution in [0.2, 0.25) is 0 Å². The van der Waals surface area contributed by atoms with Crippen molar-refractivity contribution in [3.8, 4) is 0 Å². The third-order valence-corrected chi connectivity index (χ3v) is 4.81. The lowest BCUT2D eigenvalue weighted by atomic mass is 9.86. The number of hydrogen-bond donors (Lipinski definition) is 1. The van der Waals surface area contributed by atoms with Gasteiger partial charge in [0.1, 0.15) is 5.82 Å². The van der Waals surface area contributed by atoms with E-state index in [-0.39, 0.29) is 12.3 Å². The topological polar surface area (TPSA) is 91.6 Å². The number of aryl methyl sites for hydroxylation is 1. The molecule has 1 amide bonds. The Bertz CT molecular complexity index is 799. The van der Waals surface area contributed by atoms with Gasteiger partial charge >= 0.3 is 5.97 Å². The molecule has 0 unspecified atom stereocenters. The molecule has 0 spiro atoms. The van der Waals surface area contributed by atoms with Gasteiger partial charge in [-0.05, 0) is 24.1 Å². The number of piperidine rings is 1. The molecule has 3 heterocycles. The van der Waals surface area contributed by atoms with Crippen LogP contribution >= 0.6 is 0 Å². The van der Waals surface area contributed by atoms with E-state index in [2.05, 4.69) is 10.1 Å². The van der Waals surface area contributed by atoms with Gasteiger partial charge in [-0.3, -0.25) is 14.3 Å². The van der Waals surface area contributed by atoms with Crippen molar-refractivity contribution in [3.63, 3.8) is 0 Å². The van der Waals surface area contributed by atoms with Crippen molar-refractivity contribution >= 4 is 17.7 Å². The maximum atomic E-state index is 12.6. The molecule has 0 saturated carbocycles. The van der Waals surface area contributed by atoms with Crippen molar-refractivity contribution in [2.45, 2.75) is 25.4 Å². The van der Waals surface area contributed by atoms with Gasteiger partial charge in [0.15, 0.2) is 0 Å². The predicted molar refractivity (Wildman–Crippen MR) is 95.4 cm³/mol. The molecule has 1 aliphatic heterocycles. The Balaban J connectivity index is 1.93. The number of hydrogen-bond acceptors (Lipinski definition) is 5. The van der Waals surface area contributed by atoms with E-state index in [0.29, 0.717) is 13.0 Å². The molecule has 0 bridgehead atoms. The van der Waals surface area contributed by atoms with Crippen LogP contribution in [0.4, 0.5) is 5.82 Å². The van der Waals surface area contributed by atoms with Crippen molar-refractivity contribution in [1.82, 2.24) is 19.7 Å². The third-order valence-electron chi connectivity index (χ3n) is 4.81. The number of carbonyl (C=O) groups is 2. The van der Waals surface area contributed by atoms with Crippen LogP contribution in [0, 0.1) is 5.92 Å². The first kappa shape index (κ1) is 17.9. The number of rotatable bonds is 5. The Kier molecular flexibility index (Phi) is 4.92. The Morgan fingerprint density at radius 3 is 2.65 bits per heavy atom. The number of pyridine rings is 1. The van der Waals surface area contributed by atoms with E-state index in [9.17, 15) is 14.7 Å². The smallest absolute Gasteiger partial charge is 0.309 e. The summed E-state index contributed by atoms with van der Waals surface area (Å²) >= 11 is 0. The van der Waals surface area contributed by atoms with Crippen LogP contribution in [0.15, 0.2) is 30.6 Å². The molecule has 2 aromatic heterocycles. The van der Waals surface area contributed by atoms with Crippen LogP contribution in [-0.4, -0.2) is 50.7 Å². The van der Waals surface area contributed by atoms with Gasteiger partial charge < -0.3 is 14.9 Å². The molecular formula is C18H23N5O3. The SMILES string of the molecule is CN(C)c1ccc(CN2C(=O)CC[C@H](C(=O)O)[C@H]2c2ccnn2C)cn1. The largest absolute Gasteiger partial charge is 0.481 e. The maximum Gasteiger partial charge on any atom is 0.309 e. The summed E-state index contributed by atoms with van der Waals surface area (Å²) in [6.07, 6.45) is 3.92. The van der Waals surface area contributed by atoms with Crippen molar-refractivity contribution in [1.29, 1.82) is 0 Å². The van der Waals surface area contributed by atoms with Gasteiger partial charge in [0.25, 0.3) is 0 Å². The van der Waals surface area contributed by atoms with E-state index in [1.807, 2.05) is 31.1 Å². The molecule has 2 aromatic rings. The van der Waals surface area contributed by atoms with Gasteiger partial charge in [-0.2, -0.15) is 5.10 Å². The van der Waals surface area contributed by atoms with Crippen molar-refractivity contribution in [3.05, 3.63) is 41.9 Å². The molecule has 1 N–H and O–H groups in total. The van der Waals surface area contributed by atoms with Crippen molar-refractivity contribution < 1.29 is 14.7 Å². The number of carboxylic acid groups (broad SMARTS) is 1. The molecule has 2 atom stereocenters. The summed E-state index contributed by atoms with van der Waals surface area (Å²) < 4.78 is 1.64. The molecule has 1 fully saturated rings. The average molecular weight is 357 g/mol. The highest BCUT2D eigenvalue weighted by molar-refractivity contribution is 5.81. The van der Waals surface area contributed by atoms with Crippen LogP contribution in [0.5, 0.6) is 0 Å². The van der Waals surface area contributed by atoms with Gasteiger partial charge in [0.2, 0.25) is 5.91 Å². The first-order chi connectivity index (χ1) is 12.4. The molecule has 1 saturated heterocycles. The molecule has 138 valence electrons. The Hall–Kier alpha value is -2.90. The van der Waals surface area contributed by atoms with Gasteiger partial charge in [-0.25, -0.2) is 4.98 Å². The lowest BCUT2D eigenvalue weighted by Crippen LogP contribution is -2.45. The minimum Gasteiger partial charge on any atom is -0.481 e. The molecule has 1 aliphatic rings. The fraction of sp³-hybridized carbons (Fsp3) is 0.444. The number of likely N-dealkylation sites (tertiary alicyclic amines) is 1. The molecule has 8 heteroatoms. The standard InChI is InChI=1S/C18H23N5O3/c1-21(2)15-6-4-12(10-19-15)11-23-16(24)7-5-13(18(25)26)17(23)14-8-9-20-22(14)3/h4,6,8-10,13,17H,5,7,11H2,1-3H3,(H,25,26)/t13-,17-/m0/s1. The lowest BCUT2D eigenvalue weighted by molar-refractivity contribution is -0.152. The van der Waals surface area contributed by atoms with E-state index in [4.69, 9.17) is 0 Å². The molecular weight excluding hydrogens is 334 g/mol. The second-order valence-corrected chi connectivity index (χ2v) is 6.75. The summed E-state index contributed by atoms with van der Waals surface area (Å²) in [6, 6.07) is 5.03. The molecule has 0 aromatic carbocycles. The average Bonchev–Trinajstić information content (AvgIpc) is 3.02. The fourth-order valence-electron chi connectivity index (χ4n) is 3.41. The summed E-state index contributed by atoms with van der Waals surface area (Å²) in [4.78, 5) is 32.4. The zero-order chi connectivity index (χ0) is 18.8. The fourth-order valence-corrected chi connectivity index (χ4v) is 3.41. The zero-order valence-corrected chi connectivity index (χ0v) is 15.2. The van der Waals surface area contributed by atoms with Crippen molar-refractivity contribution in [2.24, 2.45) is 13.0 Å². The number of aliphatic carboxylic acids is 1. The number of aromatic nitrogens is 3. The normalized spacial score (nSPS) is 20.3. The molecule has 3 rings (SSSR count). The molecule has 8 nitrogen and oxygen atoms in total. The van der Waals surface area contributed by atoms with E-state index in [0.717, 1.165) is 17.1 Å². The maximum absolute atomic E-state index is 12.6. The summed E-state index contributed by atoms with van der Waals surface area (Å²) in [6.45, 7) is 0.319. The predicted octanol–water partition coefficient (Wildman–Crippen LogP) is 1.45. The second-order valence-electron chi connectivity index (χ2n) is 6.75. The molecule has 0 radical (unpaired) electrons. The van der Waals surface area contributed by atoms with Crippen LogP contribution in [-0.2, 0) is 23.2 Å². The van der Waals surface area contributed by atoms with E-state index >= 15 is 0 Å². The van der Waals surface area contributed by atoms with Crippen molar-refractivity contribution in [2.75, 3.05) is 19.0 Å². The zero-order valence-electron chi connectivity index (χ0n) is 15.2. The highest BCUT2D eigenvalue weighted by Crippen LogP contribution is 2.37. The van der Waals surface area contributed by atoms with Crippen LogP contribution in [0.25, 0.3) is 0 Å². The number of nitrogens with zero attached hydrogens (tertiary/aromatic N) is 5. The minimum absolute atomic E-state index is 0.0506. The number of carboxylic acids is 1. The molecule has 0 aliphatic carbocycles. The first-order valence-electron chi connectivity index (χ1n) is 8.51. The minimum atomic E-state index is -0.894. The monoisotopic (exact) mass is 357 g/mol. The number of carbonyl (C=O) groups excluding carboxylic acids is 1. The molecule has 26 heavy (non-hydrogen) atoms. The number of amides is 1. The van der Waals surface area contributed by atoms with E-state index in [1.54, 1.807) is 35.1 Å².